The molecule has 0 amide bonds. The molecule has 2 aliphatic rings. The van der Waals surface area contributed by atoms with Gasteiger partial charge in [0.1, 0.15) is 25.4 Å². The molecule has 0 aliphatic carbocycles. The van der Waals surface area contributed by atoms with Gasteiger partial charge in [-0.2, -0.15) is 0 Å². The SMILES string of the molecule is CCOC(=O)CCC1(C)OCC(COC(=O)OC[C@H]2CO2)O1. The Bertz CT molecular complexity index is 394. The first kappa shape index (κ1) is 17.0. The molecule has 0 aromatic heterocycles. The second-order valence-corrected chi connectivity index (χ2v) is 5.32. The van der Waals surface area contributed by atoms with E-state index in [9.17, 15) is 9.59 Å². The zero-order valence-electron chi connectivity index (χ0n) is 12.9. The molecule has 2 heterocycles. The monoisotopic (exact) mass is 318 g/mol. The molecule has 0 radical (unpaired) electrons. The normalized spacial score (nSPS) is 29.9. The predicted molar refractivity (Wildman–Crippen MR) is 72.1 cm³/mol. The zero-order valence-corrected chi connectivity index (χ0v) is 12.9. The Morgan fingerprint density at radius 2 is 1.82 bits per heavy atom. The first-order valence-corrected chi connectivity index (χ1v) is 7.39. The largest absolute Gasteiger partial charge is 0.508 e. The topological polar surface area (TPSA) is 92.8 Å². The fraction of sp³-hybridized carbons (Fsp3) is 0.857. The van der Waals surface area contributed by atoms with Crippen molar-refractivity contribution in [3.8, 4) is 0 Å². The number of carbonyl (C=O) groups excluding carboxylic acids is 2. The third kappa shape index (κ3) is 5.78. The van der Waals surface area contributed by atoms with Crippen molar-refractivity contribution >= 4 is 12.1 Å². The Balaban J connectivity index is 1.61. The highest BCUT2D eigenvalue weighted by Crippen LogP contribution is 2.28. The summed E-state index contributed by atoms with van der Waals surface area (Å²) in [7, 11) is 0. The Labute approximate surface area is 128 Å². The van der Waals surface area contributed by atoms with Crippen LogP contribution in [-0.4, -0.2) is 63.2 Å². The number of epoxide rings is 1. The van der Waals surface area contributed by atoms with Gasteiger partial charge in [0, 0.05) is 6.42 Å². The quantitative estimate of drug-likeness (QED) is 0.483. The van der Waals surface area contributed by atoms with Crippen LogP contribution in [0.5, 0.6) is 0 Å². The Morgan fingerprint density at radius 1 is 1.14 bits per heavy atom. The van der Waals surface area contributed by atoms with Crippen molar-refractivity contribution in [1.82, 2.24) is 0 Å². The van der Waals surface area contributed by atoms with Crippen LogP contribution in [0.1, 0.15) is 26.7 Å². The van der Waals surface area contributed by atoms with Crippen molar-refractivity contribution in [2.75, 3.05) is 33.0 Å². The van der Waals surface area contributed by atoms with Gasteiger partial charge in [0.05, 0.1) is 26.2 Å². The number of esters is 1. The van der Waals surface area contributed by atoms with Gasteiger partial charge in [-0.1, -0.05) is 0 Å². The van der Waals surface area contributed by atoms with Crippen molar-refractivity contribution in [2.24, 2.45) is 0 Å². The maximum absolute atomic E-state index is 11.3. The number of ether oxygens (including phenoxy) is 6. The molecule has 0 spiro atoms. The minimum Gasteiger partial charge on any atom is -0.466 e. The molecule has 0 aromatic carbocycles. The Hall–Kier alpha value is -1.38. The summed E-state index contributed by atoms with van der Waals surface area (Å²) < 4.78 is 30.8. The lowest BCUT2D eigenvalue weighted by atomic mass is 10.2. The average Bonchev–Trinajstić information content (AvgIpc) is 3.24. The van der Waals surface area contributed by atoms with Gasteiger partial charge in [0.25, 0.3) is 0 Å². The van der Waals surface area contributed by atoms with E-state index in [0.717, 1.165) is 0 Å². The van der Waals surface area contributed by atoms with Gasteiger partial charge < -0.3 is 28.4 Å². The van der Waals surface area contributed by atoms with Crippen LogP contribution in [0.15, 0.2) is 0 Å². The molecule has 126 valence electrons. The van der Waals surface area contributed by atoms with Crippen LogP contribution in [0.25, 0.3) is 0 Å². The van der Waals surface area contributed by atoms with Crippen molar-refractivity contribution in [3.05, 3.63) is 0 Å². The first-order valence-electron chi connectivity index (χ1n) is 7.39. The molecule has 3 atom stereocenters. The van der Waals surface area contributed by atoms with Crippen LogP contribution in [0.2, 0.25) is 0 Å². The summed E-state index contributed by atoms with van der Waals surface area (Å²) in [6, 6.07) is 0. The average molecular weight is 318 g/mol. The summed E-state index contributed by atoms with van der Waals surface area (Å²) in [6.07, 6.45) is -0.534. The summed E-state index contributed by atoms with van der Waals surface area (Å²) in [5.41, 5.74) is 0. The molecule has 2 rings (SSSR count). The van der Waals surface area contributed by atoms with Gasteiger partial charge >= 0.3 is 12.1 Å². The predicted octanol–water partition coefficient (Wildman–Crippen LogP) is 1.01. The van der Waals surface area contributed by atoms with Gasteiger partial charge in [0.15, 0.2) is 5.79 Å². The van der Waals surface area contributed by atoms with E-state index in [1.165, 1.54) is 0 Å². The number of hydrogen-bond donors (Lipinski definition) is 0. The molecular weight excluding hydrogens is 296 g/mol. The standard InChI is InChI=1S/C14H22O8/c1-3-17-12(15)4-5-14(2)21-9-11(22-14)8-20-13(16)19-7-10-6-18-10/h10-11H,3-9H2,1-2H3/t10-,11?,14?/m1/s1. The lowest BCUT2D eigenvalue weighted by Crippen LogP contribution is -2.29. The Morgan fingerprint density at radius 3 is 2.45 bits per heavy atom. The van der Waals surface area contributed by atoms with Crippen molar-refractivity contribution < 1.29 is 38.0 Å². The second kappa shape index (κ2) is 7.75. The highest BCUT2D eigenvalue weighted by molar-refractivity contribution is 5.69. The van der Waals surface area contributed by atoms with Gasteiger partial charge in [-0.25, -0.2) is 4.79 Å². The van der Waals surface area contributed by atoms with E-state index < -0.39 is 11.9 Å². The lowest BCUT2D eigenvalue weighted by molar-refractivity contribution is -0.170. The molecule has 0 saturated carbocycles. The van der Waals surface area contributed by atoms with E-state index in [0.29, 0.717) is 26.2 Å². The van der Waals surface area contributed by atoms with E-state index in [1.807, 2.05) is 0 Å². The smallest absolute Gasteiger partial charge is 0.466 e. The summed E-state index contributed by atoms with van der Waals surface area (Å²) in [5, 5.41) is 0. The summed E-state index contributed by atoms with van der Waals surface area (Å²) in [4.78, 5) is 22.7. The fourth-order valence-corrected chi connectivity index (χ4v) is 1.99. The van der Waals surface area contributed by atoms with Crippen LogP contribution < -0.4 is 0 Å². The zero-order chi connectivity index (χ0) is 16.0. The van der Waals surface area contributed by atoms with Crippen molar-refractivity contribution in [1.29, 1.82) is 0 Å². The summed E-state index contributed by atoms with van der Waals surface area (Å²) in [6.45, 7) is 5.00. The molecule has 2 aliphatic heterocycles. The molecule has 8 nitrogen and oxygen atoms in total. The van der Waals surface area contributed by atoms with Crippen LogP contribution >= 0.6 is 0 Å². The number of rotatable bonds is 8. The number of hydrogen-bond acceptors (Lipinski definition) is 8. The van der Waals surface area contributed by atoms with Crippen LogP contribution in [-0.2, 0) is 33.2 Å². The third-order valence-corrected chi connectivity index (χ3v) is 3.26. The van der Waals surface area contributed by atoms with Gasteiger partial charge in [-0.3, -0.25) is 4.79 Å². The fourth-order valence-electron chi connectivity index (χ4n) is 1.99. The Kier molecular flexibility index (Phi) is 5.98. The van der Waals surface area contributed by atoms with Crippen LogP contribution in [0.4, 0.5) is 4.79 Å². The van der Waals surface area contributed by atoms with Crippen LogP contribution in [0, 0.1) is 0 Å². The van der Waals surface area contributed by atoms with E-state index >= 15 is 0 Å². The van der Waals surface area contributed by atoms with Crippen LogP contribution in [0.3, 0.4) is 0 Å². The third-order valence-electron chi connectivity index (χ3n) is 3.26. The minimum absolute atomic E-state index is 0.00443. The summed E-state index contributed by atoms with van der Waals surface area (Å²) in [5.74, 6) is -1.16. The molecule has 0 N–H and O–H groups in total. The van der Waals surface area contributed by atoms with Gasteiger partial charge in [0.2, 0.25) is 0 Å². The number of carbonyl (C=O) groups is 2. The van der Waals surface area contributed by atoms with E-state index in [2.05, 4.69) is 0 Å². The minimum atomic E-state index is -0.869. The molecule has 8 heteroatoms. The van der Waals surface area contributed by atoms with E-state index in [-0.39, 0.29) is 37.8 Å². The summed E-state index contributed by atoms with van der Waals surface area (Å²) >= 11 is 0. The first-order chi connectivity index (χ1) is 10.5. The van der Waals surface area contributed by atoms with Gasteiger partial charge in [-0.15, -0.1) is 0 Å². The molecule has 0 aromatic rings. The molecule has 22 heavy (non-hydrogen) atoms. The molecule has 2 saturated heterocycles. The molecule has 0 bridgehead atoms. The van der Waals surface area contributed by atoms with Crippen molar-refractivity contribution in [2.45, 2.75) is 44.7 Å². The van der Waals surface area contributed by atoms with Gasteiger partial charge in [-0.05, 0) is 13.8 Å². The highest BCUT2D eigenvalue weighted by Gasteiger charge is 2.38. The molecule has 2 fully saturated rings. The van der Waals surface area contributed by atoms with E-state index in [4.69, 9.17) is 28.4 Å². The lowest BCUT2D eigenvalue weighted by Gasteiger charge is -2.22. The molecular formula is C14H22O8. The maximum atomic E-state index is 11.3. The highest BCUT2D eigenvalue weighted by atomic mass is 16.8. The van der Waals surface area contributed by atoms with E-state index in [1.54, 1.807) is 13.8 Å². The maximum Gasteiger partial charge on any atom is 0.508 e. The second-order valence-electron chi connectivity index (χ2n) is 5.32. The molecule has 2 unspecified atom stereocenters. The van der Waals surface area contributed by atoms with Crippen molar-refractivity contribution in [3.63, 3.8) is 0 Å².